The van der Waals surface area contributed by atoms with Crippen molar-refractivity contribution < 1.29 is 14.7 Å². The molecule has 2 fully saturated rings. The topological polar surface area (TPSA) is 73.7 Å². The zero-order chi connectivity index (χ0) is 20.2. The molecule has 0 unspecified atom stereocenters. The molecule has 1 N–H and O–H groups in total. The summed E-state index contributed by atoms with van der Waals surface area (Å²) in [5.74, 6) is 0.791. The Bertz CT molecular complexity index is 856. The summed E-state index contributed by atoms with van der Waals surface area (Å²) in [5.41, 5.74) is 3.23. The molecule has 152 valence electrons. The number of aliphatic hydroxyl groups excluding tert-OH is 1. The molecule has 29 heavy (non-hydrogen) atoms. The number of hydrogen-bond acceptors (Lipinski definition) is 4. The number of hydrogen-bond donors (Lipinski definition) is 1. The lowest BCUT2D eigenvalue weighted by Gasteiger charge is -2.34. The van der Waals surface area contributed by atoms with Crippen LogP contribution < -0.4 is 0 Å². The minimum absolute atomic E-state index is 0.0200. The molecular weight excluding hydrogens is 366 g/mol. The highest BCUT2D eigenvalue weighted by molar-refractivity contribution is 5.94. The third-order valence-electron chi connectivity index (χ3n) is 5.99. The Labute approximate surface area is 171 Å². The van der Waals surface area contributed by atoms with Gasteiger partial charge >= 0.3 is 0 Å². The van der Waals surface area contributed by atoms with Gasteiger partial charge in [0.05, 0.1) is 17.9 Å². The van der Waals surface area contributed by atoms with Crippen LogP contribution in [0.3, 0.4) is 0 Å². The first-order chi connectivity index (χ1) is 14.1. The predicted octanol–water partition coefficient (Wildman–Crippen LogP) is 2.72. The number of pyridine rings is 1. The lowest BCUT2D eigenvalue weighted by molar-refractivity contribution is -0.128. The highest BCUT2D eigenvalue weighted by Crippen LogP contribution is 2.23. The maximum absolute atomic E-state index is 12.8. The first-order valence-corrected chi connectivity index (χ1v) is 10.4. The molecule has 2 aliphatic rings. The van der Waals surface area contributed by atoms with Gasteiger partial charge in [0.25, 0.3) is 5.91 Å². The number of carbonyl (C=O) groups excluding carboxylic acids is 2. The second-order valence-electron chi connectivity index (χ2n) is 7.97. The van der Waals surface area contributed by atoms with Crippen LogP contribution in [0, 0.1) is 5.92 Å². The summed E-state index contributed by atoms with van der Waals surface area (Å²) < 4.78 is 0. The molecule has 0 atom stereocenters. The van der Waals surface area contributed by atoms with Crippen LogP contribution in [0.1, 0.15) is 41.6 Å². The Hall–Kier alpha value is -2.73. The molecule has 6 heteroatoms. The summed E-state index contributed by atoms with van der Waals surface area (Å²) in [5, 5.41) is 9.14. The molecule has 2 aliphatic heterocycles. The highest BCUT2D eigenvalue weighted by atomic mass is 16.3. The molecule has 2 aromatic rings. The molecule has 0 spiro atoms. The van der Waals surface area contributed by atoms with Crippen molar-refractivity contribution in [3.63, 3.8) is 0 Å². The maximum atomic E-state index is 12.8. The molecule has 1 aromatic heterocycles. The Morgan fingerprint density at radius 3 is 2.41 bits per heavy atom. The van der Waals surface area contributed by atoms with Crippen LogP contribution in [0.15, 0.2) is 42.6 Å². The Kier molecular flexibility index (Phi) is 5.90. The molecule has 0 radical (unpaired) electrons. The third-order valence-corrected chi connectivity index (χ3v) is 5.99. The molecule has 2 amide bonds. The van der Waals surface area contributed by atoms with E-state index in [0.717, 1.165) is 62.3 Å². The summed E-state index contributed by atoms with van der Waals surface area (Å²) in [7, 11) is 0. The van der Waals surface area contributed by atoms with Crippen LogP contribution in [0.5, 0.6) is 0 Å². The third kappa shape index (κ3) is 4.48. The van der Waals surface area contributed by atoms with Gasteiger partial charge in [0.1, 0.15) is 0 Å². The van der Waals surface area contributed by atoms with E-state index < -0.39 is 0 Å². The number of aliphatic hydroxyl groups is 1. The van der Waals surface area contributed by atoms with Crippen LogP contribution in [0.25, 0.3) is 11.3 Å². The largest absolute Gasteiger partial charge is 0.392 e. The van der Waals surface area contributed by atoms with Crippen molar-refractivity contribution >= 4 is 11.8 Å². The number of piperidine rings is 1. The highest BCUT2D eigenvalue weighted by Gasteiger charge is 2.28. The standard InChI is InChI=1S/C23H27N3O3/c27-16-18-3-5-19(6-4-18)21-8-7-20(14-24-21)23(29)25-12-9-17(10-13-25)15-26-11-1-2-22(26)28/h3-8,14,17,27H,1-2,9-13,15-16H2. The average molecular weight is 393 g/mol. The van der Waals surface area contributed by atoms with Gasteiger partial charge in [0.2, 0.25) is 5.91 Å². The first kappa shape index (κ1) is 19.6. The Morgan fingerprint density at radius 1 is 1.07 bits per heavy atom. The van der Waals surface area contributed by atoms with E-state index in [9.17, 15) is 9.59 Å². The number of benzene rings is 1. The molecule has 0 bridgehead atoms. The fraction of sp³-hybridized carbons (Fsp3) is 0.435. The summed E-state index contributed by atoms with van der Waals surface area (Å²) in [6.07, 6.45) is 5.19. The molecule has 0 saturated carbocycles. The molecule has 3 heterocycles. The lowest BCUT2D eigenvalue weighted by Crippen LogP contribution is -2.41. The van der Waals surface area contributed by atoms with Gasteiger partial charge in [-0.05, 0) is 42.9 Å². The van der Waals surface area contributed by atoms with Crippen molar-refractivity contribution in [2.24, 2.45) is 5.92 Å². The van der Waals surface area contributed by atoms with E-state index in [4.69, 9.17) is 5.11 Å². The maximum Gasteiger partial charge on any atom is 0.255 e. The van der Waals surface area contributed by atoms with Crippen molar-refractivity contribution in [3.8, 4) is 11.3 Å². The van der Waals surface area contributed by atoms with E-state index in [1.54, 1.807) is 6.20 Å². The number of carbonyl (C=O) groups is 2. The average Bonchev–Trinajstić information content (AvgIpc) is 3.18. The van der Waals surface area contributed by atoms with Gasteiger partial charge in [0.15, 0.2) is 0 Å². The van der Waals surface area contributed by atoms with Crippen LogP contribution in [-0.2, 0) is 11.4 Å². The summed E-state index contributed by atoms with van der Waals surface area (Å²) in [4.78, 5) is 33.0. The monoisotopic (exact) mass is 393 g/mol. The van der Waals surface area contributed by atoms with Gasteiger partial charge < -0.3 is 14.9 Å². The quantitative estimate of drug-likeness (QED) is 0.848. The van der Waals surface area contributed by atoms with Crippen molar-refractivity contribution in [2.45, 2.75) is 32.3 Å². The van der Waals surface area contributed by atoms with Crippen LogP contribution in [0.2, 0.25) is 0 Å². The fourth-order valence-corrected chi connectivity index (χ4v) is 4.18. The van der Waals surface area contributed by atoms with Crippen LogP contribution in [-0.4, -0.2) is 57.9 Å². The summed E-state index contributed by atoms with van der Waals surface area (Å²) in [6.45, 7) is 3.21. The Morgan fingerprint density at radius 2 is 1.83 bits per heavy atom. The number of rotatable bonds is 5. The summed E-state index contributed by atoms with van der Waals surface area (Å²) in [6, 6.07) is 11.3. The molecule has 6 nitrogen and oxygen atoms in total. The molecule has 4 rings (SSSR count). The summed E-state index contributed by atoms with van der Waals surface area (Å²) >= 11 is 0. The molecular formula is C23H27N3O3. The lowest BCUT2D eigenvalue weighted by atomic mass is 9.95. The number of likely N-dealkylation sites (tertiary alicyclic amines) is 2. The SMILES string of the molecule is O=C1CCCN1CC1CCN(C(=O)c2ccc(-c3ccc(CO)cc3)nc2)CC1. The van der Waals surface area contributed by atoms with Gasteiger partial charge in [0, 0.05) is 44.4 Å². The van der Waals surface area contributed by atoms with Gasteiger partial charge in [-0.2, -0.15) is 0 Å². The fourth-order valence-electron chi connectivity index (χ4n) is 4.18. The Balaban J connectivity index is 1.33. The van der Waals surface area contributed by atoms with E-state index in [2.05, 4.69) is 4.98 Å². The molecule has 0 aliphatic carbocycles. The minimum Gasteiger partial charge on any atom is -0.392 e. The van der Waals surface area contributed by atoms with Gasteiger partial charge in [-0.15, -0.1) is 0 Å². The van der Waals surface area contributed by atoms with E-state index >= 15 is 0 Å². The second-order valence-corrected chi connectivity index (χ2v) is 7.97. The molecule has 1 aromatic carbocycles. The van der Waals surface area contributed by atoms with Crippen LogP contribution >= 0.6 is 0 Å². The second kappa shape index (κ2) is 8.74. The first-order valence-electron chi connectivity index (χ1n) is 10.4. The van der Waals surface area contributed by atoms with Crippen LogP contribution in [0.4, 0.5) is 0 Å². The van der Waals surface area contributed by atoms with Crippen molar-refractivity contribution in [1.29, 1.82) is 0 Å². The van der Waals surface area contributed by atoms with E-state index in [-0.39, 0.29) is 18.4 Å². The van der Waals surface area contributed by atoms with Gasteiger partial charge in [-0.25, -0.2) is 0 Å². The smallest absolute Gasteiger partial charge is 0.255 e. The van der Waals surface area contributed by atoms with Crippen molar-refractivity contribution in [3.05, 3.63) is 53.7 Å². The predicted molar refractivity (Wildman–Crippen MR) is 110 cm³/mol. The van der Waals surface area contributed by atoms with E-state index in [1.165, 1.54) is 0 Å². The normalized spacial score (nSPS) is 17.8. The zero-order valence-corrected chi connectivity index (χ0v) is 16.6. The van der Waals surface area contributed by atoms with Gasteiger partial charge in [-0.3, -0.25) is 14.6 Å². The molecule has 2 saturated heterocycles. The number of nitrogens with zero attached hydrogens (tertiary/aromatic N) is 3. The van der Waals surface area contributed by atoms with Gasteiger partial charge in [-0.1, -0.05) is 24.3 Å². The zero-order valence-electron chi connectivity index (χ0n) is 16.6. The van der Waals surface area contributed by atoms with Crippen molar-refractivity contribution in [1.82, 2.24) is 14.8 Å². The van der Waals surface area contributed by atoms with E-state index in [0.29, 0.717) is 17.9 Å². The number of aromatic nitrogens is 1. The van der Waals surface area contributed by atoms with Crippen molar-refractivity contribution in [2.75, 3.05) is 26.2 Å². The van der Waals surface area contributed by atoms with E-state index in [1.807, 2.05) is 46.2 Å². The number of amides is 2. The minimum atomic E-state index is 0.0200.